The number of carbonyl (C=O) groups excluding carboxylic acids is 1. The molecule has 34 heavy (non-hydrogen) atoms. The fourth-order valence-corrected chi connectivity index (χ4v) is 4.56. The Bertz CT molecular complexity index is 1110. The molecule has 2 N–H and O–H groups in total. The first kappa shape index (κ1) is 22.5. The number of nitrogens with zero attached hydrogens (tertiary/aromatic N) is 4. The van der Waals surface area contributed by atoms with Crippen LogP contribution in [0.5, 0.6) is 0 Å². The number of likely N-dealkylation sites (tertiary alicyclic amines) is 1. The smallest absolute Gasteiger partial charge is 0.315 e. The average molecular weight is 465 g/mol. The number of piperidine rings is 1. The number of urea groups is 1. The molecule has 3 heterocycles. The van der Waals surface area contributed by atoms with Crippen LogP contribution in [0.3, 0.4) is 0 Å². The van der Waals surface area contributed by atoms with Gasteiger partial charge < -0.3 is 15.4 Å². The molecule has 2 amide bonds. The summed E-state index contributed by atoms with van der Waals surface area (Å²) in [5.74, 6) is -0.266. The minimum Gasteiger partial charge on any atom is -0.365 e. The molecule has 8 nitrogen and oxygen atoms in total. The predicted molar refractivity (Wildman–Crippen MR) is 124 cm³/mol. The Morgan fingerprint density at radius 1 is 1.12 bits per heavy atom. The molecule has 3 aromatic rings. The van der Waals surface area contributed by atoms with E-state index >= 15 is 0 Å². The molecular formula is C25H29FN6O2. The van der Waals surface area contributed by atoms with Gasteiger partial charge in [-0.25, -0.2) is 13.9 Å². The van der Waals surface area contributed by atoms with Gasteiger partial charge in [0.15, 0.2) is 0 Å². The SMILES string of the molecule is O=C(NCc1ccccc1)NC1CCN(Cc2nnn3c2COC(c2cccc(F)c2)C3)CC1. The Kier molecular flexibility index (Phi) is 6.82. The number of hydrogen-bond donors (Lipinski definition) is 2. The van der Waals surface area contributed by atoms with Crippen LogP contribution >= 0.6 is 0 Å². The van der Waals surface area contributed by atoms with Crippen LogP contribution in [0, 0.1) is 5.82 Å². The summed E-state index contributed by atoms with van der Waals surface area (Å²) in [4.78, 5) is 14.6. The molecule has 0 radical (unpaired) electrons. The summed E-state index contributed by atoms with van der Waals surface area (Å²) in [5.41, 5.74) is 3.79. The largest absolute Gasteiger partial charge is 0.365 e. The second kappa shape index (κ2) is 10.3. The lowest BCUT2D eigenvalue weighted by Crippen LogP contribution is -2.47. The number of rotatable bonds is 6. The lowest BCUT2D eigenvalue weighted by molar-refractivity contribution is -0.00232. The van der Waals surface area contributed by atoms with E-state index in [9.17, 15) is 9.18 Å². The first-order valence-corrected chi connectivity index (χ1v) is 11.7. The van der Waals surface area contributed by atoms with Crippen molar-refractivity contribution in [3.05, 3.63) is 82.9 Å². The molecular weight excluding hydrogens is 435 g/mol. The highest BCUT2D eigenvalue weighted by atomic mass is 19.1. The van der Waals surface area contributed by atoms with E-state index in [-0.39, 0.29) is 24.0 Å². The number of fused-ring (bicyclic) bond motifs is 1. The second-order valence-corrected chi connectivity index (χ2v) is 8.88. The maximum Gasteiger partial charge on any atom is 0.315 e. The van der Waals surface area contributed by atoms with Crippen LogP contribution in [0.4, 0.5) is 9.18 Å². The third-order valence-corrected chi connectivity index (χ3v) is 6.49. The van der Waals surface area contributed by atoms with Gasteiger partial charge in [-0.1, -0.05) is 47.7 Å². The summed E-state index contributed by atoms with van der Waals surface area (Å²) >= 11 is 0. The van der Waals surface area contributed by atoms with Gasteiger partial charge in [-0.2, -0.15) is 0 Å². The van der Waals surface area contributed by atoms with E-state index in [1.165, 1.54) is 12.1 Å². The van der Waals surface area contributed by atoms with Crippen molar-refractivity contribution in [2.45, 2.75) is 51.2 Å². The number of amides is 2. The number of nitrogens with one attached hydrogen (secondary N) is 2. The van der Waals surface area contributed by atoms with Gasteiger partial charge in [0, 0.05) is 32.2 Å². The van der Waals surface area contributed by atoms with Crippen molar-refractivity contribution in [3.8, 4) is 0 Å². The van der Waals surface area contributed by atoms with Gasteiger partial charge in [0.1, 0.15) is 17.6 Å². The standard InChI is InChI=1S/C25H29FN6O2/c26-20-8-4-7-19(13-20)24-16-32-23(17-34-24)22(29-30-32)15-31-11-9-21(10-12-31)28-25(33)27-14-18-5-2-1-3-6-18/h1-8,13,21,24H,9-12,14-17H2,(H2,27,28,33). The molecule has 2 aliphatic heterocycles. The Morgan fingerprint density at radius 2 is 1.94 bits per heavy atom. The van der Waals surface area contributed by atoms with Gasteiger partial charge in [0.25, 0.3) is 0 Å². The van der Waals surface area contributed by atoms with Crippen LogP contribution in [0.2, 0.25) is 0 Å². The highest BCUT2D eigenvalue weighted by molar-refractivity contribution is 5.74. The quantitative estimate of drug-likeness (QED) is 0.586. The molecule has 0 saturated carbocycles. The summed E-state index contributed by atoms with van der Waals surface area (Å²) in [6, 6.07) is 16.4. The third kappa shape index (κ3) is 5.43. The van der Waals surface area contributed by atoms with E-state index in [0.29, 0.717) is 26.2 Å². The topological polar surface area (TPSA) is 84.3 Å². The maximum atomic E-state index is 13.6. The monoisotopic (exact) mass is 464 g/mol. The van der Waals surface area contributed by atoms with E-state index in [0.717, 1.165) is 48.4 Å². The number of carbonyl (C=O) groups is 1. The highest BCUT2D eigenvalue weighted by Crippen LogP contribution is 2.28. The molecule has 2 aliphatic rings. The highest BCUT2D eigenvalue weighted by Gasteiger charge is 2.27. The van der Waals surface area contributed by atoms with E-state index in [1.54, 1.807) is 6.07 Å². The number of ether oxygens (including phenoxy) is 1. The Labute approximate surface area is 198 Å². The molecule has 0 aliphatic carbocycles. The van der Waals surface area contributed by atoms with Gasteiger partial charge >= 0.3 is 6.03 Å². The molecule has 1 saturated heterocycles. The third-order valence-electron chi connectivity index (χ3n) is 6.49. The second-order valence-electron chi connectivity index (χ2n) is 8.88. The van der Waals surface area contributed by atoms with Crippen LogP contribution in [-0.4, -0.2) is 45.1 Å². The normalized spacial score (nSPS) is 18.9. The van der Waals surface area contributed by atoms with Gasteiger partial charge in [-0.3, -0.25) is 4.90 Å². The predicted octanol–water partition coefficient (Wildman–Crippen LogP) is 3.15. The minimum atomic E-state index is -0.266. The molecule has 1 unspecified atom stereocenters. The zero-order valence-electron chi connectivity index (χ0n) is 19.0. The van der Waals surface area contributed by atoms with Crippen LogP contribution in [-0.2, 0) is 31.0 Å². The molecule has 1 fully saturated rings. The minimum absolute atomic E-state index is 0.125. The van der Waals surface area contributed by atoms with E-state index < -0.39 is 0 Å². The summed E-state index contributed by atoms with van der Waals surface area (Å²) < 4.78 is 21.5. The van der Waals surface area contributed by atoms with Crippen molar-refractivity contribution in [2.75, 3.05) is 13.1 Å². The Morgan fingerprint density at radius 3 is 2.74 bits per heavy atom. The summed E-state index contributed by atoms with van der Waals surface area (Å²) in [5, 5.41) is 14.7. The lowest BCUT2D eigenvalue weighted by atomic mass is 10.0. The number of hydrogen-bond acceptors (Lipinski definition) is 5. The van der Waals surface area contributed by atoms with Crippen molar-refractivity contribution >= 4 is 6.03 Å². The molecule has 0 spiro atoms. The average Bonchev–Trinajstić information content (AvgIpc) is 3.26. The molecule has 9 heteroatoms. The van der Waals surface area contributed by atoms with Gasteiger partial charge in [0.05, 0.1) is 18.8 Å². The number of aromatic nitrogens is 3. The molecule has 1 aromatic heterocycles. The maximum absolute atomic E-state index is 13.6. The Hall–Kier alpha value is -3.30. The van der Waals surface area contributed by atoms with Crippen molar-refractivity contribution in [2.24, 2.45) is 0 Å². The first-order valence-electron chi connectivity index (χ1n) is 11.7. The van der Waals surface area contributed by atoms with Gasteiger partial charge in [-0.15, -0.1) is 5.10 Å². The van der Waals surface area contributed by atoms with Crippen molar-refractivity contribution < 1.29 is 13.9 Å². The fraction of sp³-hybridized carbons (Fsp3) is 0.400. The zero-order valence-corrected chi connectivity index (χ0v) is 19.0. The van der Waals surface area contributed by atoms with Crippen molar-refractivity contribution in [3.63, 3.8) is 0 Å². The van der Waals surface area contributed by atoms with E-state index in [1.807, 2.05) is 41.1 Å². The number of benzene rings is 2. The van der Waals surface area contributed by atoms with E-state index in [4.69, 9.17) is 4.74 Å². The summed E-state index contributed by atoms with van der Waals surface area (Å²) in [7, 11) is 0. The van der Waals surface area contributed by atoms with Gasteiger partial charge in [0.2, 0.25) is 0 Å². The first-order chi connectivity index (χ1) is 16.6. The molecule has 178 valence electrons. The van der Waals surface area contributed by atoms with Crippen LogP contribution in [0.1, 0.15) is 41.5 Å². The molecule has 5 rings (SSSR count). The molecule has 1 atom stereocenters. The number of halogens is 1. The lowest BCUT2D eigenvalue weighted by Gasteiger charge is -2.32. The van der Waals surface area contributed by atoms with E-state index in [2.05, 4.69) is 25.8 Å². The summed E-state index contributed by atoms with van der Waals surface area (Å²) in [6.07, 6.45) is 1.55. The van der Waals surface area contributed by atoms with Crippen LogP contribution < -0.4 is 10.6 Å². The van der Waals surface area contributed by atoms with Crippen molar-refractivity contribution in [1.82, 2.24) is 30.5 Å². The zero-order chi connectivity index (χ0) is 23.3. The summed E-state index contributed by atoms with van der Waals surface area (Å²) in [6.45, 7) is 3.91. The van der Waals surface area contributed by atoms with Crippen LogP contribution in [0.15, 0.2) is 54.6 Å². The Balaban J connectivity index is 1.08. The van der Waals surface area contributed by atoms with Crippen LogP contribution in [0.25, 0.3) is 0 Å². The fourth-order valence-electron chi connectivity index (χ4n) is 4.56. The van der Waals surface area contributed by atoms with Crippen molar-refractivity contribution in [1.29, 1.82) is 0 Å². The molecule has 0 bridgehead atoms. The van der Waals surface area contributed by atoms with Gasteiger partial charge in [-0.05, 0) is 36.1 Å². The molecule has 2 aromatic carbocycles.